The number of ether oxygens (including phenoxy) is 1. The van der Waals surface area contributed by atoms with Gasteiger partial charge in [-0.25, -0.2) is 4.39 Å². The molecule has 4 heteroatoms. The van der Waals surface area contributed by atoms with Gasteiger partial charge in [0.25, 0.3) is 0 Å². The van der Waals surface area contributed by atoms with Crippen LogP contribution in [0.3, 0.4) is 0 Å². The van der Waals surface area contributed by atoms with Gasteiger partial charge in [0.2, 0.25) is 0 Å². The standard InChI is InChI=1S/C15H13Cl2FO/c16-9-8-15(11-4-6-12(17)7-5-11)19-14-3-1-2-13(18)10-14/h1-7,10,15H,8-9H2/t15-/m0/s1. The fraction of sp³-hybridized carbons (Fsp3) is 0.200. The van der Waals surface area contributed by atoms with E-state index in [2.05, 4.69) is 0 Å². The van der Waals surface area contributed by atoms with Crippen molar-refractivity contribution >= 4 is 23.2 Å². The number of benzene rings is 2. The Bertz CT molecular complexity index is 528. The zero-order valence-electron chi connectivity index (χ0n) is 10.2. The second-order valence-electron chi connectivity index (χ2n) is 4.09. The summed E-state index contributed by atoms with van der Waals surface area (Å²) in [6.07, 6.45) is 0.427. The van der Waals surface area contributed by atoms with Crippen LogP contribution in [-0.4, -0.2) is 5.88 Å². The predicted molar refractivity (Wildman–Crippen MR) is 76.6 cm³/mol. The zero-order chi connectivity index (χ0) is 13.7. The molecule has 0 fully saturated rings. The first-order valence-electron chi connectivity index (χ1n) is 5.92. The van der Waals surface area contributed by atoms with Gasteiger partial charge in [0.1, 0.15) is 17.7 Å². The summed E-state index contributed by atoms with van der Waals surface area (Å²) in [5, 5.41) is 0.666. The molecule has 0 aliphatic rings. The monoisotopic (exact) mass is 298 g/mol. The van der Waals surface area contributed by atoms with Crippen molar-refractivity contribution in [2.75, 3.05) is 5.88 Å². The van der Waals surface area contributed by atoms with Crippen LogP contribution in [0, 0.1) is 5.82 Å². The molecule has 0 amide bonds. The van der Waals surface area contributed by atoms with Crippen LogP contribution >= 0.6 is 23.2 Å². The van der Waals surface area contributed by atoms with Crippen molar-refractivity contribution in [1.29, 1.82) is 0 Å². The van der Waals surface area contributed by atoms with Crippen LogP contribution in [0.15, 0.2) is 48.5 Å². The summed E-state index contributed by atoms with van der Waals surface area (Å²) in [5.41, 5.74) is 0.967. The van der Waals surface area contributed by atoms with Crippen molar-refractivity contribution in [3.8, 4) is 5.75 Å². The second-order valence-corrected chi connectivity index (χ2v) is 4.91. The number of halogens is 3. The third-order valence-corrected chi connectivity index (χ3v) is 3.16. The third kappa shape index (κ3) is 4.12. The fourth-order valence-electron chi connectivity index (χ4n) is 1.77. The third-order valence-electron chi connectivity index (χ3n) is 2.69. The van der Waals surface area contributed by atoms with Crippen molar-refractivity contribution in [3.63, 3.8) is 0 Å². The molecule has 1 nitrogen and oxygen atoms in total. The number of rotatable bonds is 5. The molecule has 0 N–H and O–H groups in total. The van der Waals surface area contributed by atoms with Gasteiger partial charge < -0.3 is 4.74 Å². The summed E-state index contributed by atoms with van der Waals surface area (Å²) in [6.45, 7) is 0. The molecule has 0 radical (unpaired) electrons. The van der Waals surface area contributed by atoms with Crippen LogP contribution in [0.1, 0.15) is 18.1 Å². The lowest BCUT2D eigenvalue weighted by atomic mass is 10.1. The molecule has 0 spiro atoms. The van der Waals surface area contributed by atoms with Crippen LogP contribution in [0.4, 0.5) is 4.39 Å². The molecule has 0 saturated heterocycles. The molecule has 100 valence electrons. The van der Waals surface area contributed by atoms with E-state index < -0.39 is 0 Å². The molecule has 0 unspecified atom stereocenters. The average Bonchev–Trinajstić information content (AvgIpc) is 2.39. The zero-order valence-corrected chi connectivity index (χ0v) is 11.7. The predicted octanol–water partition coefficient (Wildman–Crippen LogP) is 5.23. The van der Waals surface area contributed by atoms with Gasteiger partial charge in [0, 0.05) is 23.4 Å². The summed E-state index contributed by atoms with van der Waals surface area (Å²) in [7, 11) is 0. The van der Waals surface area contributed by atoms with Gasteiger partial charge in [-0.1, -0.05) is 29.8 Å². The van der Waals surface area contributed by atoms with Gasteiger partial charge in [-0.2, -0.15) is 0 Å². The summed E-state index contributed by atoms with van der Waals surface area (Å²) < 4.78 is 18.9. The van der Waals surface area contributed by atoms with Crippen molar-refractivity contribution in [1.82, 2.24) is 0 Å². The summed E-state index contributed by atoms with van der Waals surface area (Å²) >= 11 is 11.7. The van der Waals surface area contributed by atoms with Crippen LogP contribution < -0.4 is 4.74 Å². The van der Waals surface area contributed by atoms with Crippen molar-refractivity contribution in [3.05, 3.63) is 64.9 Å². The van der Waals surface area contributed by atoms with E-state index in [-0.39, 0.29) is 11.9 Å². The summed E-state index contributed by atoms with van der Waals surface area (Å²) in [5.74, 6) is 0.631. The van der Waals surface area contributed by atoms with E-state index >= 15 is 0 Å². The lowest BCUT2D eigenvalue weighted by Crippen LogP contribution is -2.08. The Hall–Kier alpha value is -1.25. The van der Waals surface area contributed by atoms with Crippen LogP contribution in [0.25, 0.3) is 0 Å². The lowest BCUT2D eigenvalue weighted by molar-refractivity contribution is 0.201. The summed E-state index contributed by atoms with van der Waals surface area (Å²) in [6, 6.07) is 13.4. The van der Waals surface area contributed by atoms with Crippen molar-refractivity contribution < 1.29 is 9.13 Å². The highest BCUT2D eigenvalue weighted by molar-refractivity contribution is 6.30. The van der Waals surface area contributed by atoms with E-state index in [1.54, 1.807) is 24.3 Å². The topological polar surface area (TPSA) is 9.23 Å². The Kier molecular flexibility index (Phi) is 5.06. The van der Waals surface area contributed by atoms with Crippen LogP contribution in [-0.2, 0) is 0 Å². The maximum absolute atomic E-state index is 13.1. The molecular formula is C15H13Cl2FO. The Labute approximate surface area is 121 Å². The van der Waals surface area contributed by atoms with Gasteiger partial charge in [0.15, 0.2) is 0 Å². The number of hydrogen-bond acceptors (Lipinski definition) is 1. The highest BCUT2D eigenvalue weighted by atomic mass is 35.5. The molecule has 0 bridgehead atoms. The Balaban J connectivity index is 2.18. The minimum Gasteiger partial charge on any atom is -0.486 e. The molecule has 1 atom stereocenters. The van der Waals surface area contributed by atoms with Gasteiger partial charge in [0.05, 0.1) is 0 Å². The largest absolute Gasteiger partial charge is 0.486 e. The minimum atomic E-state index is -0.321. The molecule has 0 heterocycles. The highest BCUT2D eigenvalue weighted by Gasteiger charge is 2.13. The van der Waals surface area contributed by atoms with E-state index in [1.165, 1.54) is 12.1 Å². The molecular weight excluding hydrogens is 286 g/mol. The average molecular weight is 299 g/mol. The Morgan fingerprint density at radius 3 is 2.47 bits per heavy atom. The quantitative estimate of drug-likeness (QED) is 0.687. The molecule has 2 aromatic rings. The first-order chi connectivity index (χ1) is 9.19. The van der Waals surface area contributed by atoms with Gasteiger partial charge in [-0.3, -0.25) is 0 Å². The second kappa shape index (κ2) is 6.78. The molecule has 0 saturated carbocycles. The number of alkyl halides is 1. The molecule has 2 rings (SSSR count). The number of hydrogen-bond donors (Lipinski definition) is 0. The van der Waals surface area contributed by atoms with E-state index in [9.17, 15) is 4.39 Å². The van der Waals surface area contributed by atoms with Gasteiger partial charge in [-0.05, 0) is 29.8 Å². The maximum Gasteiger partial charge on any atom is 0.126 e. The van der Waals surface area contributed by atoms with E-state index in [0.717, 1.165) is 5.56 Å². The fourth-order valence-corrected chi connectivity index (χ4v) is 2.10. The van der Waals surface area contributed by atoms with E-state index in [1.807, 2.05) is 12.1 Å². The van der Waals surface area contributed by atoms with E-state index in [4.69, 9.17) is 27.9 Å². The van der Waals surface area contributed by atoms with E-state index in [0.29, 0.717) is 23.1 Å². The van der Waals surface area contributed by atoms with Crippen LogP contribution in [0.2, 0.25) is 5.02 Å². The maximum atomic E-state index is 13.1. The molecule has 0 aromatic heterocycles. The summed E-state index contributed by atoms with van der Waals surface area (Å²) in [4.78, 5) is 0. The normalized spacial score (nSPS) is 12.2. The minimum absolute atomic E-state index is 0.212. The van der Waals surface area contributed by atoms with Crippen molar-refractivity contribution in [2.24, 2.45) is 0 Å². The van der Waals surface area contributed by atoms with Gasteiger partial charge >= 0.3 is 0 Å². The molecule has 2 aromatic carbocycles. The first kappa shape index (κ1) is 14.2. The molecule has 19 heavy (non-hydrogen) atoms. The van der Waals surface area contributed by atoms with Crippen LogP contribution in [0.5, 0.6) is 5.75 Å². The Morgan fingerprint density at radius 1 is 1.11 bits per heavy atom. The van der Waals surface area contributed by atoms with Crippen molar-refractivity contribution in [2.45, 2.75) is 12.5 Å². The SMILES string of the molecule is Fc1cccc(O[C@@H](CCCl)c2ccc(Cl)cc2)c1. The molecule has 0 aliphatic heterocycles. The first-order valence-corrected chi connectivity index (χ1v) is 6.84. The smallest absolute Gasteiger partial charge is 0.126 e. The lowest BCUT2D eigenvalue weighted by Gasteiger charge is -2.18. The Morgan fingerprint density at radius 2 is 1.84 bits per heavy atom. The molecule has 0 aliphatic carbocycles. The highest BCUT2D eigenvalue weighted by Crippen LogP contribution is 2.26. The van der Waals surface area contributed by atoms with Gasteiger partial charge in [-0.15, -0.1) is 11.6 Å².